The largest absolute Gasteiger partial charge is 0.497 e. The Morgan fingerprint density at radius 3 is 2.00 bits per heavy atom. The number of aromatic amines is 1. The lowest BCUT2D eigenvalue weighted by Crippen LogP contribution is -1.86. The maximum atomic E-state index is 6.05. The van der Waals surface area contributed by atoms with Crippen LogP contribution in [0.5, 0.6) is 11.5 Å². The van der Waals surface area contributed by atoms with Crippen molar-refractivity contribution in [2.45, 2.75) is 0 Å². The number of ether oxygens (including phenoxy) is 2. The lowest BCUT2D eigenvalue weighted by atomic mass is 10.1. The Bertz CT molecular complexity index is 923. The molecular weight excluding hydrogens is 330 g/mol. The standard InChI is InChI=1S/C20H17N3O3/c1-24-15-7-3-13(4-8-15)17-18(14-5-9-16(25-2)10-6-14)26-20(23-17)19-21-11-12-22-19/h3-12H,1-2H3,(H,21,22). The van der Waals surface area contributed by atoms with Crippen LogP contribution in [-0.2, 0) is 0 Å². The van der Waals surface area contributed by atoms with Crippen molar-refractivity contribution in [1.82, 2.24) is 15.0 Å². The number of aromatic nitrogens is 3. The highest BCUT2D eigenvalue weighted by Gasteiger charge is 2.19. The molecule has 0 aliphatic carbocycles. The Kier molecular flexibility index (Phi) is 4.15. The molecule has 0 unspecified atom stereocenters. The van der Waals surface area contributed by atoms with Crippen LogP contribution in [0, 0.1) is 0 Å². The molecule has 130 valence electrons. The van der Waals surface area contributed by atoms with Gasteiger partial charge in [0, 0.05) is 23.5 Å². The van der Waals surface area contributed by atoms with Crippen LogP contribution in [0.3, 0.4) is 0 Å². The summed E-state index contributed by atoms with van der Waals surface area (Å²) in [6.45, 7) is 0. The molecule has 0 amide bonds. The van der Waals surface area contributed by atoms with Gasteiger partial charge in [-0.15, -0.1) is 0 Å². The highest BCUT2D eigenvalue weighted by atomic mass is 16.5. The molecular formula is C20H17N3O3. The van der Waals surface area contributed by atoms with Gasteiger partial charge in [0.05, 0.1) is 14.2 Å². The Morgan fingerprint density at radius 2 is 1.46 bits per heavy atom. The Labute approximate surface area is 150 Å². The van der Waals surface area contributed by atoms with Crippen LogP contribution in [0.25, 0.3) is 34.3 Å². The molecule has 0 saturated heterocycles. The number of H-pyrrole nitrogens is 1. The second-order valence-corrected chi connectivity index (χ2v) is 5.59. The van der Waals surface area contributed by atoms with Crippen LogP contribution in [0.1, 0.15) is 0 Å². The normalized spacial score (nSPS) is 10.7. The lowest BCUT2D eigenvalue weighted by Gasteiger charge is -2.04. The van der Waals surface area contributed by atoms with E-state index in [1.165, 1.54) is 0 Å². The van der Waals surface area contributed by atoms with E-state index in [0.29, 0.717) is 17.5 Å². The number of nitrogens with zero attached hydrogens (tertiary/aromatic N) is 2. The molecule has 4 aromatic rings. The van der Waals surface area contributed by atoms with Crippen LogP contribution in [-0.4, -0.2) is 29.2 Å². The fourth-order valence-electron chi connectivity index (χ4n) is 2.69. The molecule has 0 aliphatic rings. The van der Waals surface area contributed by atoms with Gasteiger partial charge in [0.1, 0.15) is 17.2 Å². The Morgan fingerprint density at radius 1 is 0.846 bits per heavy atom. The summed E-state index contributed by atoms with van der Waals surface area (Å²) in [6, 6.07) is 15.4. The second kappa shape index (κ2) is 6.76. The third-order valence-corrected chi connectivity index (χ3v) is 4.04. The molecule has 6 heteroatoms. The molecule has 6 nitrogen and oxygen atoms in total. The molecule has 2 aromatic carbocycles. The summed E-state index contributed by atoms with van der Waals surface area (Å²) < 4.78 is 16.5. The van der Waals surface area contributed by atoms with Crippen LogP contribution in [0.15, 0.2) is 65.3 Å². The fraction of sp³-hybridized carbons (Fsp3) is 0.100. The SMILES string of the molecule is COc1ccc(-c2nc(-c3ncc[nH]3)oc2-c2ccc(OC)cc2)cc1. The molecule has 0 spiro atoms. The number of benzene rings is 2. The van der Waals surface area contributed by atoms with E-state index in [1.807, 2.05) is 48.5 Å². The molecule has 0 fully saturated rings. The first kappa shape index (κ1) is 16.0. The minimum Gasteiger partial charge on any atom is -0.497 e. The molecule has 0 aliphatic heterocycles. The van der Waals surface area contributed by atoms with Gasteiger partial charge in [-0.1, -0.05) is 0 Å². The van der Waals surface area contributed by atoms with Crippen molar-refractivity contribution in [1.29, 1.82) is 0 Å². The zero-order chi connectivity index (χ0) is 17.9. The summed E-state index contributed by atoms with van der Waals surface area (Å²) in [5.41, 5.74) is 2.57. The summed E-state index contributed by atoms with van der Waals surface area (Å²) in [7, 11) is 3.28. The third kappa shape index (κ3) is 2.93. The zero-order valence-corrected chi connectivity index (χ0v) is 14.4. The summed E-state index contributed by atoms with van der Waals surface area (Å²) in [5.74, 6) is 3.26. The molecule has 26 heavy (non-hydrogen) atoms. The van der Waals surface area contributed by atoms with Gasteiger partial charge >= 0.3 is 0 Å². The topological polar surface area (TPSA) is 73.2 Å². The van der Waals surface area contributed by atoms with E-state index in [1.54, 1.807) is 26.6 Å². The summed E-state index contributed by atoms with van der Waals surface area (Å²) in [5, 5.41) is 0. The van der Waals surface area contributed by atoms with Crippen LogP contribution in [0.4, 0.5) is 0 Å². The Hall–Kier alpha value is -3.54. The van der Waals surface area contributed by atoms with Crippen molar-refractivity contribution >= 4 is 0 Å². The summed E-state index contributed by atoms with van der Waals surface area (Å²) >= 11 is 0. The van der Waals surface area contributed by atoms with E-state index in [2.05, 4.69) is 15.0 Å². The maximum absolute atomic E-state index is 6.05. The molecule has 0 bridgehead atoms. The number of imidazole rings is 1. The average molecular weight is 347 g/mol. The van der Waals surface area contributed by atoms with Gasteiger partial charge in [0.25, 0.3) is 5.89 Å². The average Bonchev–Trinajstić information content (AvgIpc) is 3.38. The third-order valence-electron chi connectivity index (χ3n) is 4.04. The van der Waals surface area contributed by atoms with Crippen molar-refractivity contribution < 1.29 is 13.9 Å². The first-order valence-electron chi connectivity index (χ1n) is 8.08. The number of oxazole rings is 1. The van der Waals surface area contributed by atoms with Crippen LogP contribution < -0.4 is 9.47 Å². The monoisotopic (exact) mass is 347 g/mol. The molecule has 0 saturated carbocycles. The quantitative estimate of drug-likeness (QED) is 0.579. The molecule has 1 N–H and O–H groups in total. The van der Waals surface area contributed by atoms with Crippen molar-refractivity contribution in [2.75, 3.05) is 14.2 Å². The van der Waals surface area contributed by atoms with Crippen molar-refractivity contribution in [3.8, 4) is 45.8 Å². The van der Waals surface area contributed by atoms with Gasteiger partial charge in [0.15, 0.2) is 11.6 Å². The van der Waals surface area contributed by atoms with Crippen molar-refractivity contribution in [3.63, 3.8) is 0 Å². The summed E-state index contributed by atoms with van der Waals surface area (Å²) in [4.78, 5) is 11.9. The van der Waals surface area contributed by atoms with Gasteiger partial charge in [-0.05, 0) is 48.5 Å². The molecule has 2 heterocycles. The van der Waals surface area contributed by atoms with Gasteiger partial charge in [-0.2, -0.15) is 0 Å². The van der Waals surface area contributed by atoms with E-state index in [0.717, 1.165) is 28.3 Å². The van der Waals surface area contributed by atoms with Crippen molar-refractivity contribution in [2.24, 2.45) is 0 Å². The number of rotatable bonds is 5. The van der Waals surface area contributed by atoms with E-state index >= 15 is 0 Å². The highest BCUT2D eigenvalue weighted by Crippen LogP contribution is 2.36. The molecule has 4 rings (SSSR count). The minimum absolute atomic E-state index is 0.437. The fourth-order valence-corrected chi connectivity index (χ4v) is 2.69. The van der Waals surface area contributed by atoms with Gasteiger partial charge in [-0.3, -0.25) is 0 Å². The number of hydrogen-bond donors (Lipinski definition) is 1. The first-order chi connectivity index (χ1) is 12.8. The lowest BCUT2D eigenvalue weighted by molar-refractivity contribution is 0.414. The zero-order valence-electron chi connectivity index (χ0n) is 14.4. The second-order valence-electron chi connectivity index (χ2n) is 5.59. The van der Waals surface area contributed by atoms with Crippen LogP contribution in [0.2, 0.25) is 0 Å². The maximum Gasteiger partial charge on any atom is 0.264 e. The smallest absolute Gasteiger partial charge is 0.264 e. The van der Waals surface area contributed by atoms with Crippen molar-refractivity contribution in [3.05, 3.63) is 60.9 Å². The number of hydrogen-bond acceptors (Lipinski definition) is 5. The van der Waals surface area contributed by atoms with E-state index in [4.69, 9.17) is 13.9 Å². The highest BCUT2D eigenvalue weighted by molar-refractivity contribution is 5.78. The predicted molar refractivity (Wildman–Crippen MR) is 98.1 cm³/mol. The van der Waals surface area contributed by atoms with Gasteiger partial charge < -0.3 is 18.9 Å². The molecule has 2 aromatic heterocycles. The number of nitrogens with one attached hydrogen (secondary N) is 1. The van der Waals surface area contributed by atoms with E-state index in [9.17, 15) is 0 Å². The molecule has 0 radical (unpaired) electrons. The summed E-state index contributed by atoms with van der Waals surface area (Å²) in [6.07, 6.45) is 3.40. The van der Waals surface area contributed by atoms with Gasteiger partial charge in [-0.25, -0.2) is 9.97 Å². The predicted octanol–water partition coefficient (Wildman–Crippen LogP) is 4.42. The van der Waals surface area contributed by atoms with Gasteiger partial charge in [0.2, 0.25) is 0 Å². The van der Waals surface area contributed by atoms with E-state index < -0.39 is 0 Å². The first-order valence-corrected chi connectivity index (χ1v) is 8.08. The van der Waals surface area contributed by atoms with E-state index in [-0.39, 0.29) is 0 Å². The Balaban J connectivity index is 1.84. The van der Waals surface area contributed by atoms with Crippen LogP contribution >= 0.6 is 0 Å². The molecule has 0 atom stereocenters. The number of methoxy groups -OCH3 is 2. The minimum atomic E-state index is 0.437.